The predicted octanol–water partition coefficient (Wildman–Crippen LogP) is 3.05. The summed E-state index contributed by atoms with van der Waals surface area (Å²) in [5.41, 5.74) is 1.55. The van der Waals surface area contributed by atoms with Crippen LogP contribution in [0, 0.1) is 0 Å². The second-order valence-electron chi connectivity index (χ2n) is 4.62. The molecule has 0 spiro atoms. The Balaban J connectivity index is 1.99. The number of anilines is 1. The zero-order chi connectivity index (χ0) is 14.1. The molecule has 1 aromatic heterocycles. The smallest absolute Gasteiger partial charge is 0.268 e. The van der Waals surface area contributed by atoms with Crippen molar-refractivity contribution in [1.82, 2.24) is 4.98 Å². The van der Waals surface area contributed by atoms with Gasteiger partial charge in [-0.2, -0.15) is 0 Å². The van der Waals surface area contributed by atoms with Crippen molar-refractivity contribution in [3.63, 3.8) is 0 Å². The molecule has 0 saturated carbocycles. The highest BCUT2D eigenvalue weighted by Crippen LogP contribution is 2.36. The molecule has 0 radical (unpaired) electrons. The van der Waals surface area contributed by atoms with Crippen LogP contribution in [0.5, 0.6) is 5.75 Å². The number of carbonyl (C=O) groups excluding carboxylic acids is 1. The number of nitrogens with zero attached hydrogens (tertiary/aromatic N) is 2. The molecule has 20 heavy (non-hydrogen) atoms. The van der Waals surface area contributed by atoms with Gasteiger partial charge in [0.1, 0.15) is 5.75 Å². The molecule has 0 aliphatic carbocycles. The third kappa shape index (κ3) is 2.34. The largest absolute Gasteiger partial charge is 0.479 e. The lowest BCUT2D eigenvalue weighted by molar-refractivity contribution is -0.125. The first-order valence-corrected chi connectivity index (χ1v) is 6.70. The Morgan fingerprint density at radius 1 is 1.35 bits per heavy atom. The number of carbonyl (C=O) groups is 1. The highest BCUT2D eigenvalue weighted by Gasteiger charge is 2.31. The first-order chi connectivity index (χ1) is 9.65. The number of pyridine rings is 1. The monoisotopic (exact) mass is 288 g/mol. The maximum absolute atomic E-state index is 12.3. The Hall–Kier alpha value is -2.07. The fraction of sp³-hybridized carbons (Fsp3) is 0.200. The quantitative estimate of drug-likeness (QED) is 0.853. The van der Waals surface area contributed by atoms with Gasteiger partial charge in [0.2, 0.25) is 0 Å². The van der Waals surface area contributed by atoms with E-state index in [9.17, 15) is 4.79 Å². The van der Waals surface area contributed by atoms with E-state index in [1.807, 2.05) is 18.2 Å². The van der Waals surface area contributed by atoms with E-state index in [1.54, 1.807) is 36.2 Å². The van der Waals surface area contributed by atoms with Gasteiger partial charge in [0.25, 0.3) is 5.91 Å². The topological polar surface area (TPSA) is 42.4 Å². The molecule has 1 atom stereocenters. The van der Waals surface area contributed by atoms with Crippen molar-refractivity contribution in [2.75, 3.05) is 4.90 Å². The number of amides is 1. The van der Waals surface area contributed by atoms with Crippen LogP contribution in [0.25, 0.3) is 0 Å². The molecule has 0 saturated heterocycles. The van der Waals surface area contributed by atoms with Gasteiger partial charge in [0.15, 0.2) is 6.10 Å². The van der Waals surface area contributed by atoms with Gasteiger partial charge in [-0.05, 0) is 31.2 Å². The number of benzene rings is 1. The van der Waals surface area contributed by atoms with Gasteiger partial charge in [-0.3, -0.25) is 14.7 Å². The van der Waals surface area contributed by atoms with Crippen molar-refractivity contribution in [2.24, 2.45) is 0 Å². The molecule has 0 bridgehead atoms. The number of hydrogen-bond donors (Lipinski definition) is 0. The van der Waals surface area contributed by atoms with Crippen LogP contribution < -0.4 is 9.64 Å². The summed E-state index contributed by atoms with van der Waals surface area (Å²) in [4.78, 5) is 18.3. The zero-order valence-electron chi connectivity index (χ0n) is 10.9. The van der Waals surface area contributed by atoms with Gasteiger partial charge in [0, 0.05) is 17.3 Å². The lowest BCUT2D eigenvalue weighted by atomic mass is 10.1. The predicted molar refractivity (Wildman–Crippen MR) is 77.0 cm³/mol. The van der Waals surface area contributed by atoms with E-state index in [4.69, 9.17) is 16.3 Å². The Kier molecular flexibility index (Phi) is 3.32. The molecule has 0 N–H and O–H groups in total. The minimum atomic E-state index is -0.523. The first-order valence-electron chi connectivity index (χ1n) is 6.32. The molecule has 1 aliphatic heterocycles. The van der Waals surface area contributed by atoms with Crippen molar-refractivity contribution >= 4 is 23.2 Å². The summed E-state index contributed by atoms with van der Waals surface area (Å²) in [7, 11) is 0. The minimum Gasteiger partial charge on any atom is -0.479 e. The van der Waals surface area contributed by atoms with Crippen LogP contribution in [0.15, 0.2) is 42.6 Å². The Morgan fingerprint density at radius 2 is 2.20 bits per heavy atom. The normalized spacial score (nSPS) is 17.6. The van der Waals surface area contributed by atoms with Crippen LogP contribution in [0.1, 0.15) is 12.6 Å². The van der Waals surface area contributed by atoms with Crippen molar-refractivity contribution in [1.29, 1.82) is 0 Å². The van der Waals surface area contributed by atoms with E-state index in [0.717, 1.165) is 11.4 Å². The number of ether oxygens (including phenoxy) is 1. The first kappa shape index (κ1) is 12.9. The average molecular weight is 289 g/mol. The minimum absolute atomic E-state index is 0.0783. The summed E-state index contributed by atoms with van der Waals surface area (Å²) in [5, 5.41) is 0.586. The lowest BCUT2D eigenvalue weighted by Gasteiger charge is -2.32. The van der Waals surface area contributed by atoms with Gasteiger partial charge in [-0.1, -0.05) is 17.7 Å². The van der Waals surface area contributed by atoms with Crippen LogP contribution >= 0.6 is 11.6 Å². The van der Waals surface area contributed by atoms with Crippen molar-refractivity contribution in [2.45, 2.75) is 19.6 Å². The van der Waals surface area contributed by atoms with Crippen molar-refractivity contribution < 1.29 is 9.53 Å². The molecule has 5 heteroatoms. The Labute approximate surface area is 122 Å². The molecule has 1 unspecified atom stereocenters. The van der Waals surface area contributed by atoms with Crippen LogP contribution in [-0.4, -0.2) is 17.0 Å². The Bertz CT molecular complexity index is 646. The Morgan fingerprint density at radius 3 is 2.95 bits per heavy atom. The van der Waals surface area contributed by atoms with Gasteiger partial charge < -0.3 is 4.74 Å². The molecule has 102 valence electrons. The second kappa shape index (κ2) is 5.13. The summed E-state index contributed by atoms with van der Waals surface area (Å²) in [5.74, 6) is 0.547. The lowest BCUT2D eigenvalue weighted by Crippen LogP contribution is -2.44. The zero-order valence-corrected chi connectivity index (χ0v) is 11.7. The van der Waals surface area contributed by atoms with Crippen LogP contribution in [0.3, 0.4) is 0 Å². The fourth-order valence-corrected chi connectivity index (χ4v) is 2.36. The molecule has 2 heterocycles. The summed E-state index contributed by atoms with van der Waals surface area (Å²) in [6.07, 6.45) is 1.19. The third-order valence-corrected chi connectivity index (χ3v) is 3.41. The number of rotatable bonds is 2. The van der Waals surface area contributed by atoms with Crippen LogP contribution in [-0.2, 0) is 11.3 Å². The number of hydrogen-bond acceptors (Lipinski definition) is 3. The van der Waals surface area contributed by atoms with E-state index < -0.39 is 6.10 Å². The molecule has 0 fully saturated rings. The maximum Gasteiger partial charge on any atom is 0.268 e. The number of halogens is 1. The number of aromatic nitrogens is 1. The van der Waals surface area contributed by atoms with Crippen LogP contribution in [0.2, 0.25) is 5.02 Å². The third-order valence-electron chi connectivity index (χ3n) is 3.18. The molecule has 1 aliphatic rings. The molecule has 3 rings (SSSR count). The van der Waals surface area contributed by atoms with E-state index in [-0.39, 0.29) is 5.91 Å². The molecular weight excluding hydrogens is 276 g/mol. The molecule has 1 aromatic carbocycles. The average Bonchev–Trinajstić information content (AvgIpc) is 2.45. The molecule has 1 amide bonds. The SMILES string of the molecule is CC1Oc2cc(Cl)ccc2N(Cc2ccccn2)C1=O. The van der Waals surface area contributed by atoms with Crippen LogP contribution in [0.4, 0.5) is 5.69 Å². The van der Waals surface area contributed by atoms with E-state index in [0.29, 0.717) is 17.3 Å². The molecule has 4 nitrogen and oxygen atoms in total. The maximum atomic E-state index is 12.3. The van der Waals surface area contributed by atoms with Gasteiger partial charge in [-0.25, -0.2) is 0 Å². The van der Waals surface area contributed by atoms with E-state index in [2.05, 4.69) is 4.98 Å². The van der Waals surface area contributed by atoms with Crippen molar-refractivity contribution in [3.8, 4) is 5.75 Å². The highest BCUT2D eigenvalue weighted by atomic mass is 35.5. The summed E-state index contributed by atoms with van der Waals surface area (Å²) in [6.45, 7) is 2.15. The van der Waals surface area contributed by atoms with Crippen molar-refractivity contribution in [3.05, 3.63) is 53.3 Å². The van der Waals surface area contributed by atoms with Gasteiger partial charge >= 0.3 is 0 Å². The van der Waals surface area contributed by atoms with Gasteiger partial charge in [-0.15, -0.1) is 0 Å². The molecular formula is C15H13ClN2O2. The number of fused-ring (bicyclic) bond motifs is 1. The highest BCUT2D eigenvalue weighted by molar-refractivity contribution is 6.30. The second-order valence-corrected chi connectivity index (χ2v) is 5.05. The summed E-state index contributed by atoms with van der Waals surface area (Å²) in [6, 6.07) is 10.9. The fourth-order valence-electron chi connectivity index (χ4n) is 2.20. The summed E-state index contributed by atoms with van der Waals surface area (Å²) < 4.78 is 5.60. The van der Waals surface area contributed by atoms with E-state index >= 15 is 0 Å². The molecule has 2 aromatic rings. The standard InChI is InChI=1S/C15H13ClN2O2/c1-10-15(19)18(9-12-4-2-3-7-17-12)13-6-5-11(16)8-14(13)20-10/h2-8,10H,9H2,1H3. The van der Waals surface area contributed by atoms with Gasteiger partial charge in [0.05, 0.1) is 17.9 Å². The summed E-state index contributed by atoms with van der Waals surface area (Å²) >= 11 is 5.97. The van der Waals surface area contributed by atoms with E-state index in [1.165, 1.54) is 0 Å².